The fraction of sp³-hybridized carbons (Fsp3) is 0.414. The standard InChI is InChI=1S/C29H32N6O3/c30-17-22-16-21(3-8-27(22)38-26-2-1-15-36-20-26)29-31-10-9-28(33-29)32-23-4-6-24(7-5-23)34-11-13-35(14-12-34)25-18-37-19-25/h3-10,16,25-26H,1-2,11-15,18-20H2,(H,31,32,33). The van der Waals surface area contributed by atoms with Gasteiger partial charge in [0, 0.05) is 55.9 Å². The highest BCUT2D eigenvalue weighted by atomic mass is 16.5. The molecule has 1 unspecified atom stereocenters. The molecule has 0 amide bonds. The zero-order chi connectivity index (χ0) is 25.7. The molecule has 38 heavy (non-hydrogen) atoms. The lowest BCUT2D eigenvalue weighted by atomic mass is 10.1. The number of hydrogen-bond donors (Lipinski definition) is 1. The van der Waals surface area contributed by atoms with Gasteiger partial charge in [0.2, 0.25) is 0 Å². The van der Waals surface area contributed by atoms with Gasteiger partial charge in [-0.2, -0.15) is 5.26 Å². The third-order valence-electron chi connectivity index (χ3n) is 7.38. The summed E-state index contributed by atoms with van der Waals surface area (Å²) in [5.74, 6) is 1.81. The van der Waals surface area contributed by atoms with Crippen molar-refractivity contribution in [1.82, 2.24) is 14.9 Å². The number of aromatic nitrogens is 2. The summed E-state index contributed by atoms with van der Waals surface area (Å²) in [5, 5.41) is 13.1. The Morgan fingerprint density at radius 1 is 0.974 bits per heavy atom. The van der Waals surface area contributed by atoms with Crippen LogP contribution in [0, 0.1) is 11.3 Å². The number of hydrogen-bond acceptors (Lipinski definition) is 9. The predicted octanol–water partition coefficient (Wildman–Crippen LogP) is 3.84. The van der Waals surface area contributed by atoms with Crippen LogP contribution in [-0.2, 0) is 9.47 Å². The maximum atomic E-state index is 9.71. The van der Waals surface area contributed by atoms with Crippen LogP contribution in [0.2, 0.25) is 0 Å². The van der Waals surface area contributed by atoms with Gasteiger partial charge in [0.15, 0.2) is 5.82 Å². The molecule has 196 valence electrons. The van der Waals surface area contributed by atoms with Gasteiger partial charge in [-0.3, -0.25) is 4.90 Å². The van der Waals surface area contributed by atoms with Gasteiger partial charge >= 0.3 is 0 Å². The Morgan fingerprint density at radius 3 is 2.53 bits per heavy atom. The van der Waals surface area contributed by atoms with Crippen molar-refractivity contribution in [2.75, 3.05) is 62.8 Å². The van der Waals surface area contributed by atoms with Gasteiger partial charge in [-0.05, 0) is 61.4 Å². The van der Waals surface area contributed by atoms with Gasteiger partial charge in [0.05, 0.1) is 31.4 Å². The van der Waals surface area contributed by atoms with Gasteiger partial charge in [0.25, 0.3) is 0 Å². The fourth-order valence-corrected chi connectivity index (χ4v) is 5.09. The molecule has 0 bridgehead atoms. The van der Waals surface area contributed by atoms with Crippen LogP contribution in [0.15, 0.2) is 54.7 Å². The molecule has 3 aliphatic heterocycles. The Hall–Kier alpha value is -3.71. The van der Waals surface area contributed by atoms with Crippen LogP contribution in [0.3, 0.4) is 0 Å². The first-order valence-electron chi connectivity index (χ1n) is 13.3. The van der Waals surface area contributed by atoms with Crippen molar-refractivity contribution < 1.29 is 14.2 Å². The van der Waals surface area contributed by atoms with E-state index >= 15 is 0 Å². The van der Waals surface area contributed by atoms with Crippen molar-refractivity contribution in [2.24, 2.45) is 0 Å². The summed E-state index contributed by atoms with van der Waals surface area (Å²) >= 11 is 0. The molecule has 0 aliphatic carbocycles. The molecule has 4 heterocycles. The lowest BCUT2D eigenvalue weighted by Crippen LogP contribution is -2.56. The first kappa shape index (κ1) is 24.6. The quantitative estimate of drug-likeness (QED) is 0.507. The number of anilines is 3. The predicted molar refractivity (Wildman–Crippen MR) is 145 cm³/mol. The molecule has 6 rings (SSSR count). The molecule has 1 aromatic heterocycles. The second kappa shape index (κ2) is 11.4. The van der Waals surface area contributed by atoms with E-state index in [0.717, 1.165) is 70.1 Å². The third kappa shape index (κ3) is 5.58. The summed E-state index contributed by atoms with van der Waals surface area (Å²) in [5.41, 5.74) is 3.42. The van der Waals surface area contributed by atoms with Crippen LogP contribution in [0.4, 0.5) is 17.2 Å². The van der Waals surface area contributed by atoms with E-state index in [-0.39, 0.29) is 6.10 Å². The molecule has 9 nitrogen and oxygen atoms in total. The molecule has 3 saturated heterocycles. The van der Waals surface area contributed by atoms with E-state index in [1.165, 1.54) is 5.69 Å². The molecular weight excluding hydrogens is 480 g/mol. The number of ether oxygens (including phenoxy) is 3. The Labute approximate surface area is 223 Å². The zero-order valence-corrected chi connectivity index (χ0v) is 21.4. The SMILES string of the molecule is N#Cc1cc(-c2nccc(Nc3ccc(N4CCN(C5COC5)CC4)cc3)n2)ccc1OC1CCCOC1. The topological polar surface area (TPSA) is 95.8 Å². The van der Waals surface area contributed by atoms with Crippen molar-refractivity contribution in [3.05, 3.63) is 60.3 Å². The number of nitrogens with one attached hydrogen (secondary N) is 1. The molecule has 0 saturated carbocycles. The summed E-state index contributed by atoms with van der Waals surface area (Å²) in [6, 6.07) is 18.7. The van der Waals surface area contributed by atoms with Crippen LogP contribution in [0.5, 0.6) is 5.75 Å². The summed E-state index contributed by atoms with van der Waals surface area (Å²) in [7, 11) is 0. The smallest absolute Gasteiger partial charge is 0.161 e. The first-order chi connectivity index (χ1) is 18.7. The lowest BCUT2D eigenvalue weighted by Gasteiger charge is -2.43. The largest absolute Gasteiger partial charge is 0.487 e. The fourth-order valence-electron chi connectivity index (χ4n) is 5.09. The molecule has 1 atom stereocenters. The number of rotatable bonds is 7. The van der Waals surface area contributed by atoms with Crippen molar-refractivity contribution in [3.8, 4) is 23.2 Å². The van der Waals surface area contributed by atoms with Crippen molar-refractivity contribution in [1.29, 1.82) is 5.26 Å². The summed E-state index contributed by atoms with van der Waals surface area (Å²) in [6.07, 6.45) is 3.59. The highest BCUT2D eigenvalue weighted by Crippen LogP contribution is 2.28. The molecule has 3 aromatic rings. The molecule has 2 aromatic carbocycles. The maximum absolute atomic E-state index is 9.71. The lowest BCUT2D eigenvalue weighted by molar-refractivity contribution is -0.0660. The van der Waals surface area contributed by atoms with E-state index in [9.17, 15) is 5.26 Å². The van der Waals surface area contributed by atoms with E-state index in [4.69, 9.17) is 19.2 Å². The first-order valence-corrected chi connectivity index (χ1v) is 13.3. The second-order valence-electron chi connectivity index (χ2n) is 9.93. The van der Waals surface area contributed by atoms with Crippen molar-refractivity contribution in [3.63, 3.8) is 0 Å². The highest BCUT2D eigenvalue weighted by Gasteiger charge is 2.28. The van der Waals surface area contributed by atoms with Gasteiger partial charge in [0.1, 0.15) is 23.7 Å². The molecule has 1 N–H and O–H groups in total. The van der Waals surface area contributed by atoms with Gasteiger partial charge < -0.3 is 24.4 Å². The second-order valence-corrected chi connectivity index (χ2v) is 9.93. The molecule has 0 spiro atoms. The average Bonchev–Trinajstić information content (AvgIpc) is 2.94. The van der Waals surface area contributed by atoms with E-state index in [1.807, 2.05) is 18.2 Å². The molecule has 9 heteroatoms. The monoisotopic (exact) mass is 512 g/mol. The van der Waals surface area contributed by atoms with E-state index in [2.05, 4.69) is 50.4 Å². The van der Waals surface area contributed by atoms with Crippen LogP contribution in [-0.4, -0.2) is 79.6 Å². The van der Waals surface area contributed by atoms with Crippen LogP contribution >= 0.6 is 0 Å². The van der Waals surface area contributed by atoms with Gasteiger partial charge in [-0.15, -0.1) is 0 Å². The average molecular weight is 513 g/mol. The van der Waals surface area contributed by atoms with Gasteiger partial charge in [-0.25, -0.2) is 9.97 Å². The number of piperazine rings is 1. The summed E-state index contributed by atoms with van der Waals surface area (Å²) in [6.45, 7) is 7.28. The van der Waals surface area contributed by atoms with Crippen molar-refractivity contribution >= 4 is 17.2 Å². The Balaban J connectivity index is 1.10. The Kier molecular flexibility index (Phi) is 7.36. The molecule has 3 aliphatic rings. The zero-order valence-electron chi connectivity index (χ0n) is 21.4. The van der Waals surface area contributed by atoms with Gasteiger partial charge in [-0.1, -0.05) is 0 Å². The van der Waals surface area contributed by atoms with E-state index in [0.29, 0.717) is 35.6 Å². The summed E-state index contributed by atoms with van der Waals surface area (Å²) in [4.78, 5) is 14.1. The minimum Gasteiger partial charge on any atom is -0.487 e. The normalized spacial score (nSPS) is 20.4. The minimum absolute atomic E-state index is 0.0242. The number of nitrogens with zero attached hydrogens (tertiary/aromatic N) is 5. The molecule has 3 fully saturated rings. The van der Waals surface area contributed by atoms with Crippen molar-refractivity contribution in [2.45, 2.75) is 25.0 Å². The van der Waals surface area contributed by atoms with E-state index in [1.54, 1.807) is 12.3 Å². The number of benzene rings is 2. The number of nitriles is 1. The van der Waals surface area contributed by atoms with Crippen LogP contribution < -0.4 is 15.0 Å². The third-order valence-corrected chi connectivity index (χ3v) is 7.38. The Bertz CT molecular complexity index is 1280. The van der Waals surface area contributed by atoms with E-state index < -0.39 is 0 Å². The highest BCUT2D eigenvalue weighted by molar-refractivity contribution is 5.65. The Morgan fingerprint density at radius 2 is 1.82 bits per heavy atom. The molecular formula is C29H32N6O3. The summed E-state index contributed by atoms with van der Waals surface area (Å²) < 4.78 is 16.9. The maximum Gasteiger partial charge on any atom is 0.161 e. The molecule has 0 radical (unpaired) electrons. The van der Waals surface area contributed by atoms with Crippen LogP contribution in [0.1, 0.15) is 18.4 Å². The van der Waals surface area contributed by atoms with Crippen LogP contribution in [0.25, 0.3) is 11.4 Å². The minimum atomic E-state index is -0.0242.